The minimum atomic E-state index is -1.27. The zero-order valence-corrected chi connectivity index (χ0v) is 10.2. The lowest BCUT2D eigenvalue weighted by molar-refractivity contribution is 0.0684. The quantitative estimate of drug-likeness (QED) is 0.920. The van der Waals surface area contributed by atoms with Crippen LogP contribution < -0.4 is 5.56 Å². The van der Waals surface area contributed by atoms with Gasteiger partial charge in [0.15, 0.2) is 0 Å². The number of carboxylic acid groups (broad SMARTS) is 1. The standard InChI is InChI=1S/C14H9FN2O3/c15-11-6-9(7-16)4-5-10(11)8-17-12(14(19)20)2-1-3-13(17)18/h1-6H,8H2,(H,19,20). The van der Waals surface area contributed by atoms with Gasteiger partial charge in [0.1, 0.15) is 11.5 Å². The number of rotatable bonds is 3. The summed E-state index contributed by atoms with van der Waals surface area (Å²) in [5, 5.41) is 17.7. The summed E-state index contributed by atoms with van der Waals surface area (Å²) in [5.41, 5.74) is -0.458. The smallest absolute Gasteiger partial charge is 0.352 e. The average molecular weight is 272 g/mol. The number of aromatic carboxylic acids is 1. The first-order valence-electron chi connectivity index (χ1n) is 5.64. The van der Waals surface area contributed by atoms with E-state index in [1.54, 1.807) is 6.07 Å². The number of aromatic nitrogens is 1. The van der Waals surface area contributed by atoms with Crippen LogP contribution in [-0.4, -0.2) is 15.6 Å². The molecular formula is C14H9FN2O3. The van der Waals surface area contributed by atoms with E-state index in [-0.39, 0.29) is 23.4 Å². The first-order valence-corrected chi connectivity index (χ1v) is 5.64. The molecule has 0 amide bonds. The molecule has 0 spiro atoms. The van der Waals surface area contributed by atoms with Crippen molar-refractivity contribution >= 4 is 5.97 Å². The van der Waals surface area contributed by atoms with E-state index in [9.17, 15) is 14.0 Å². The summed E-state index contributed by atoms with van der Waals surface area (Å²) in [6, 6.07) is 9.41. The average Bonchev–Trinajstić information content (AvgIpc) is 2.42. The summed E-state index contributed by atoms with van der Waals surface area (Å²) in [6.45, 7) is -0.209. The highest BCUT2D eigenvalue weighted by atomic mass is 19.1. The fourth-order valence-corrected chi connectivity index (χ4v) is 1.79. The van der Waals surface area contributed by atoms with Crippen molar-refractivity contribution in [1.29, 1.82) is 5.26 Å². The molecule has 20 heavy (non-hydrogen) atoms. The number of halogens is 1. The molecule has 0 aliphatic carbocycles. The third-order valence-electron chi connectivity index (χ3n) is 2.78. The van der Waals surface area contributed by atoms with Gasteiger partial charge in [0.25, 0.3) is 5.56 Å². The van der Waals surface area contributed by atoms with E-state index in [1.807, 2.05) is 0 Å². The maximum atomic E-state index is 13.8. The van der Waals surface area contributed by atoms with E-state index >= 15 is 0 Å². The van der Waals surface area contributed by atoms with Crippen LogP contribution in [0.5, 0.6) is 0 Å². The lowest BCUT2D eigenvalue weighted by atomic mass is 10.1. The summed E-state index contributed by atoms with van der Waals surface area (Å²) < 4.78 is 14.7. The van der Waals surface area contributed by atoms with Gasteiger partial charge in [-0.05, 0) is 18.2 Å². The van der Waals surface area contributed by atoms with Gasteiger partial charge in [-0.25, -0.2) is 9.18 Å². The molecule has 6 heteroatoms. The van der Waals surface area contributed by atoms with E-state index in [4.69, 9.17) is 10.4 Å². The highest BCUT2D eigenvalue weighted by Gasteiger charge is 2.12. The van der Waals surface area contributed by atoms with Crippen LogP contribution in [0.25, 0.3) is 0 Å². The van der Waals surface area contributed by atoms with Gasteiger partial charge in [0.05, 0.1) is 18.2 Å². The van der Waals surface area contributed by atoms with Crippen LogP contribution in [0.15, 0.2) is 41.2 Å². The molecule has 100 valence electrons. The monoisotopic (exact) mass is 272 g/mol. The topological polar surface area (TPSA) is 83.1 Å². The van der Waals surface area contributed by atoms with Crippen molar-refractivity contribution in [3.8, 4) is 6.07 Å². The van der Waals surface area contributed by atoms with Crippen molar-refractivity contribution in [2.45, 2.75) is 6.54 Å². The molecule has 1 aromatic carbocycles. The Bertz CT molecular complexity index is 775. The fraction of sp³-hybridized carbons (Fsp3) is 0.0714. The van der Waals surface area contributed by atoms with Crippen LogP contribution in [0.2, 0.25) is 0 Å². The van der Waals surface area contributed by atoms with Gasteiger partial charge in [-0.1, -0.05) is 12.1 Å². The van der Waals surface area contributed by atoms with E-state index < -0.39 is 17.3 Å². The van der Waals surface area contributed by atoms with Crippen molar-refractivity contribution in [3.05, 3.63) is 69.4 Å². The molecule has 0 radical (unpaired) electrons. The Kier molecular flexibility index (Phi) is 3.62. The van der Waals surface area contributed by atoms with E-state index in [0.717, 1.165) is 10.6 Å². The van der Waals surface area contributed by atoms with Gasteiger partial charge >= 0.3 is 5.97 Å². The summed E-state index contributed by atoms with van der Waals surface area (Å²) in [4.78, 5) is 22.8. The predicted octanol–water partition coefficient (Wildman–Crippen LogP) is 1.61. The second kappa shape index (κ2) is 5.36. The van der Waals surface area contributed by atoms with Crippen LogP contribution in [0.1, 0.15) is 21.6 Å². The molecule has 1 aromatic heterocycles. The Hall–Kier alpha value is -2.94. The molecule has 5 nitrogen and oxygen atoms in total. The first-order chi connectivity index (χ1) is 9.52. The molecule has 0 aliphatic heterocycles. The number of carboxylic acids is 1. The Labute approximate surface area is 113 Å². The molecule has 0 fully saturated rings. The molecule has 2 rings (SSSR count). The van der Waals surface area contributed by atoms with Crippen molar-refractivity contribution in [3.63, 3.8) is 0 Å². The van der Waals surface area contributed by atoms with E-state index in [0.29, 0.717) is 0 Å². The number of benzene rings is 1. The predicted molar refractivity (Wildman–Crippen MR) is 67.9 cm³/mol. The summed E-state index contributed by atoms with van der Waals surface area (Å²) >= 11 is 0. The summed E-state index contributed by atoms with van der Waals surface area (Å²) in [7, 11) is 0. The first kappa shape index (κ1) is 13.5. The Balaban J connectivity index is 2.48. The molecule has 1 heterocycles. The third-order valence-corrected chi connectivity index (χ3v) is 2.78. The molecule has 2 aromatic rings. The molecule has 0 bridgehead atoms. The highest BCUT2D eigenvalue weighted by molar-refractivity contribution is 5.85. The minimum absolute atomic E-state index is 0.139. The number of carbonyl (C=O) groups is 1. The number of nitrogens with zero attached hydrogens (tertiary/aromatic N) is 2. The summed E-state index contributed by atoms with van der Waals surface area (Å²) in [6.07, 6.45) is 0. The van der Waals surface area contributed by atoms with Crippen LogP contribution in [0.3, 0.4) is 0 Å². The normalized spacial score (nSPS) is 10.0. The third kappa shape index (κ3) is 2.57. The lowest BCUT2D eigenvalue weighted by Gasteiger charge is -2.10. The Morgan fingerprint density at radius 3 is 2.70 bits per heavy atom. The second-order valence-corrected chi connectivity index (χ2v) is 4.06. The van der Waals surface area contributed by atoms with Crippen LogP contribution in [0.4, 0.5) is 4.39 Å². The number of hydrogen-bond donors (Lipinski definition) is 1. The van der Waals surface area contributed by atoms with Crippen molar-refractivity contribution in [2.24, 2.45) is 0 Å². The van der Waals surface area contributed by atoms with Gasteiger partial charge in [-0.3, -0.25) is 9.36 Å². The van der Waals surface area contributed by atoms with Gasteiger partial charge in [0.2, 0.25) is 0 Å². The van der Waals surface area contributed by atoms with Gasteiger partial charge in [-0.2, -0.15) is 5.26 Å². The number of pyridine rings is 1. The molecule has 0 atom stereocenters. The number of hydrogen-bond acceptors (Lipinski definition) is 3. The van der Waals surface area contributed by atoms with Crippen LogP contribution in [-0.2, 0) is 6.54 Å². The van der Waals surface area contributed by atoms with Crippen molar-refractivity contribution < 1.29 is 14.3 Å². The molecule has 1 N–H and O–H groups in total. The van der Waals surface area contributed by atoms with Crippen LogP contribution in [0, 0.1) is 17.1 Å². The highest BCUT2D eigenvalue weighted by Crippen LogP contribution is 2.12. The zero-order valence-electron chi connectivity index (χ0n) is 10.2. The lowest BCUT2D eigenvalue weighted by Crippen LogP contribution is -2.25. The molecule has 0 aliphatic rings. The molecule has 0 saturated carbocycles. The van der Waals surface area contributed by atoms with Crippen molar-refractivity contribution in [2.75, 3.05) is 0 Å². The maximum Gasteiger partial charge on any atom is 0.352 e. The number of nitriles is 1. The largest absolute Gasteiger partial charge is 0.477 e. The zero-order chi connectivity index (χ0) is 14.7. The Morgan fingerprint density at radius 1 is 1.35 bits per heavy atom. The molecular weight excluding hydrogens is 263 g/mol. The van der Waals surface area contributed by atoms with Crippen molar-refractivity contribution in [1.82, 2.24) is 4.57 Å². The van der Waals surface area contributed by atoms with Crippen LogP contribution >= 0.6 is 0 Å². The molecule has 0 saturated heterocycles. The van der Waals surface area contributed by atoms with Gasteiger partial charge in [0, 0.05) is 11.6 Å². The van der Waals surface area contributed by atoms with Gasteiger partial charge in [-0.15, -0.1) is 0 Å². The van der Waals surface area contributed by atoms with E-state index in [1.165, 1.54) is 30.3 Å². The van der Waals surface area contributed by atoms with E-state index in [2.05, 4.69) is 0 Å². The minimum Gasteiger partial charge on any atom is -0.477 e. The second-order valence-electron chi connectivity index (χ2n) is 4.06. The SMILES string of the molecule is N#Cc1ccc(Cn2c(C(=O)O)cccc2=O)c(F)c1. The molecule has 0 unspecified atom stereocenters. The van der Waals surface area contributed by atoms with Gasteiger partial charge < -0.3 is 5.11 Å². The Morgan fingerprint density at radius 2 is 2.10 bits per heavy atom. The maximum absolute atomic E-state index is 13.8. The fourth-order valence-electron chi connectivity index (χ4n) is 1.79. The summed E-state index contributed by atoms with van der Waals surface area (Å²) in [5.74, 6) is -1.92.